The normalized spacial score (nSPS) is 16.9. The Labute approximate surface area is 435 Å². The molecule has 0 unspecified atom stereocenters. The Kier molecular flexibility index (Phi) is 14.6. The lowest BCUT2D eigenvalue weighted by atomic mass is 9.97. The van der Waals surface area contributed by atoms with E-state index in [1.165, 1.54) is 11.8 Å². The molecule has 0 saturated carbocycles. The van der Waals surface area contributed by atoms with Crippen LogP contribution in [0.2, 0.25) is 0 Å². The van der Waals surface area contributed by atoms with Crippen LogP contribution in [0.3, 0.4) is 0 Å². The quantitative estimate of drug-likeness (QED) is 0.0745. The number of anilines is 4. The molecule has 4 aliphatic heterocycles. The summed E-state index contributed by atoms with van der Waals surface area (Å²) in [5, 5.41) is 3.42. The second kappa shape index (κ2) is 20.6. The molecule has 5 aromatic carbocycles. The van der Waals surface area contributed by atoms with Gasteiger partial charge in [-0.15, -0.1) is 0 Å². The van der Waals surface area contributed by atoms with Crippen LogP contribution in [0.25, 0.3) is 0 Å². The molecule has 4 heterocycles. The number of aliphatic imine (C=N–C) groups is 1. The summed E-state index contributed by atoms with van der Waals surface area (Å²) in [5.74, 6) is 1.41. The highest BCUT2D eigenvalue weighted by Gasteiger charge is 2.40. The Bertz CT molecular complexity index is 2940. The molecule has 378 valence electrons. The van der Waals surface area contributed by atoms with Crippen molar-refractivity contribution in [1.82, 2.24) is 0 Å². The van der Waals surface area contributed by atoms with Crippen LogP contribution in [0.1, 0.15) is 97.9 Å². The highest BCUT2D eigenvalue weighted by Crippen LogP contribution is 2.47. The average Bonchev–Trinajstić information content (AvgIpc) is 3.82. The van der Waals surface area contributed by atoms with Gasteiger partial charge >= 0.3 is 0 Å². The van der Waals surface area contributed by atoms with E-state index < -0.39 is 9.62 Å². The minimum absolute atomic E-state index is 0.0316. The maximum absolute atomic E-state index is 14.9. The van der Waals surface area contributed by atoms with E-state index in [0.717, 1.165) is 40.0 Å². The number of hydrogen-bond acceptors (Lipinski definition) is 13. The van der Waals surface area contributed by atoms with Gasteiger partial charge in [0.25, 0.3) is 17.1 Å². The molecule has 1 N–H and O–H groups in total. The largest absolute Gasteiger partial charge is 0.493 e. The van der Waals surface area contributed by atoms with Crippen molar-refractivity contribution < 1.29 is 38.1 Å². The second-order valence-corrected chi connectivity index (χ2v) is 25.3. The summed E-state index contributed by atoms with van der Waals surface area (Å²) in [6, 6.07) is 28.8. The van der Waals surface area contributed by atoms with Gasteiger partial charge in [0.1, 0.15) is 13.2 Å². The molecule has 0 saturated heterocycles. The van der Waals surface area contributed by atoms with E-state index in [1.807, 2.05) is 115 Å². The van der Waals surface area contributed by atoms with Crippen molar-refractivity contribution in [3.8, 4) is 23.0 Å². The molecule has 0 aliphatic carbocycles. The number of hydrogen-bond donors (Lipinski definition) is 1. The van der Waals surface area contributed by atoms with E-state index in [2.05, 4.69) is 39.1 Å². The summed E-state index contributed by atoms with van der Waals surface area (Å²) in [7, 11) is 6.38. The highest BCUT2D eigenvalue weighted by molar-refractivity contribution is 8.78. The van der Waals surface area contributed by atoms with Crippen molar-refractivity contribution in [3.63, 3.8) is 0 Å². The molecular formula is C56H63N5O8S3. The van der Waals surface area contributed by atoms with Gasteiger partial charge in [0.15, 0.2) is 23.0 Å². The number of benzene rings is 5. The van der Waals surface area contributed by atoms with Gasteiger partial charge < -0.3 is 33.9 Å². The van der Waals surface area contributed by atoms with Crippen molar-refractivity contribution in [2.45, 2.75) is 108 Å². The minimum Gasteiger partial charge on any atom is -0.493 e. The first-order valence-corrected chi connectivity index (χ1v) is 27.6. The lowest BCUT2D eigenvalue weighted by Crippen LogP contribution is -2.48. The molecule has 4 aliphatic rings. The number of ether oxygens (including phenoxy) is 5. The predicted octanol–water partition coefficient (Wildman–Crippen LogP) is 12.5. The zero-order valence-corrected chi connectivity index (χ0v) is 45.1. The zero-order chi connectivity index (χ0) is 51.1. The molecule has 0 spiro atoms. The van der Waals surface area contributed by atoms with E-state index in [4.69, 9.17) is 28.7 Å². The maximum Gasteiger partial charge on any atom is 0.287 e. The van der Waals surface area contributed by atoms with E-state index >= 15 is 0 Å². The van der Waals surface area contributed by atoms with E-state index in [0.29, 0.717) is 77.2 Å². The number of carbonyl (C=O) groups excluding carboxylic acids is 3. The first kappa shape index (κ1) is 51.1. The topological polar surface area (TPSA) is 131 Å². The van der Waals surface area contributed by atoms with Crippen LogP contribution in [0, 0.1) is 0 Å². The number of nitrogens with zero attached hydrogens (tertiary/aromatic N) is 4. The number of carbonyl (C=O) groups is 3. The van der Waals surface area contributed by atoms with Gasteiger partial charge in [-0.05, 0) is 144 Å². The third kappa shape index (κ3) is 10.6. The van der Waals surface area contributed by atoms with Gasteiger partial charge in [-0.2, -0.15) is 0 Å². The molecule has 72 heavy (non-hydrogen) atoms. The fraction of sp³-hybridized carbons (Fsp3) is 0.393. The second-order valence-electron chi connectivity index (χ2n) is 20.4. The van der Waals surface area contributed by atoms with Crippen LogP contribution < -0.4 is 39.0 Å². The fourth-order valence-corrected chi connectivity index (χ4v) is 13.6. The van der Waals surface area contributed by atoms with Crippen molar-refractivity contribution in [3.05, 3.63) is 124 Å². The van der Waals surface area contributed by atoms with E-state index in [1.54, 1.807) is 54.0 Å². The third-order valence-electron chi connectivity index (χ3n) is 13.2. The number of rotatable bonds is 16. The molecule has 13 nitrogen and oxygen atoms in total. The van der Waals surface area contributed by atoms with Gasteiger partial charge in [-0.1, -0.05) is 58.0 Å². The summed E-state index contributed by atoms with van der Waals surface area (Å²) in [6.45, 7) is 15.5. The molecule has 16 heteroatoms. The number of fused-ring (bicyclic) bond motifs is 8. The summed E-state index contributed by atoms with van der Waals surface area (Å²) in [5.41, 5.74) is 7.23. The van der Waals surface area contributed by atoms with Gasteiger partial charge in [0.05, 0.1) is 58.5 Å². The van der Waals surface area contributed by atoms with Crippen molar-refractivity contribution in [2.24, 2.45) is 4.99 Å². The minimum atomic E-state index is -0.708. The number of methoxy groups -OCH3 is 2. The third-order valence-corrected chi connectivity index (χ3v) is 17.2. The molecule has 0 fully saturated rings. The van der Waals surface area contributed by atoms with Crippen molar-refractivity contribution in [1.29, 1.82) is 0 Å². The van der Waals surface area contributed by atoms with Gasteiger partial charge in [-0.3, -0.25) is 29.2 Å². The summed E-state index contributed by atoms with van der Waals surface area (Å²) < 4.78 is 30.9. The lowest BCUT2D eigenvalue weighted by molar-refractivity contribution is -0.00937. The Balaban J connectivity index is 1.06. The predicted molar refractivity (Wildman–Crippen MR) is 294 cm³/mol. The van der Waals surface area contributed by atoms with Gasteiger partial charge in [-0.25, -0.2) is 0 Å². The van der Waals surface area contributed by atoms with Crippen LogP contribution in [0.15, 0.2) is 96.0 Å². The molecule has 0 bridgehead atoms. The molecule has 0 aromatic heterocycles. The lowest BCUT2D eigenvalue weighted by Gasteiger charge is -2.40. The monoisotopic (exact) mass is 1030 g/mol. The highest BCUT2D eigenvalue weighted by atomic mass is 33.1. The number of amides is 3. The molecule has 2 atom stereocenters. The molecule has 9 rings (SSSR count). The van der Waals surface area contributed by atoms with Crippen molar-refractivity contribution in [2.75, 3.05) is 53.6 Å². The Hall–Kier alpha value is -5.81. The number of nitrogens with one attached hydrogen (secondary N) is 1. The summed E-state index contributed by atoms with van der Waals surface area (Å²) in [4.78, 5) is 53.7. The van der Waals surface area contributed by atoms with Crippen LogP contribution in [0.4, 0.5) is 33.2 Å². The molecule has 3 amide bonds. The first-order chi connectivity index (χ1) is 34.4. The van der Waals surface area contributed by atoms with E-state index in [-0.39, 0.29) is 48.0 Å². The Morgan fingerprint density at radius 2 is 1.35 bits per heavy atom. The van der Waals surface area contributed by atoms with Crippen LogP contribution in [-0.2, 0) is 30.8 Å². The Morgan fingerprint density at radius 3 is 1.99 bits per heavy atom. The standard InChI is InChI=1S/C56H63N5O8S3/c1-54(2,3)69-20-19-55(4,5)61(53(64)71-56(6,7)72-70-10)38-22-34(32-67-49-28-43-41(26-47(49)65-8)51(62)59-39(30-57-43)24-36-15-11-13-17-45(36)59)21-35(23-38)33-68-50-29-44-42(27-48(50)66-9)52(63)60-40(31-58-44)25-37-16-12-14-18-46(37)60/h11-18,21-23,26-30,39-40,58H,19-20,24-25,31-33H2,1-10H3/t39-,40-/m0/s1. The number of para-hydroxylation sites is 2. The van der Waals surface area contributed by atoms with Crippen LogP contribution >= 0.6 is 33.3 Å². The first-order valence-electron chi connectivity index (χ1n) is 24.2. The number of thioether (sulfide) groups is 1. The summed E-state index contributed by atoms with van der Waals surface area (Å²) >= 11 is 1.28. The van der Waals surface area contributed by atoms with Crippen LogP contribution in [-0.4, -0.2) is 84.2 Å². The van der Waals surface area contributed by atoms with Gasteiger partial charge in [0, 0.05) is 60.5 Å². The molecular weight excluding hydrogens is 967 g/mol. The Morgan fingerprint density at radius 1 is 0.750 bits per heavy atom. The smallest absolute Gasteiger partial charge is 0.287 e. The SMILES string of the molecule is COc1cc2c(cc1OCc1cc(COc3cc4c(cc3OC)C(=O)N3c5ccccc5C[C@H]3CN4)cc(N(C(=O)SC(C)(C)SSC)C(C)(C)CCOC(C)(C)C)c1)N=C[C@@H]1Cc3ccccc3N1C2=O. The zero-order valence-electron chi connectivity index (χ0n) is 42.6. The molecule has 5 aromatic rings. The molecule has 0 radical (unpaired) electrons. The summed E-state index contributed by atoms with van der Waals surface area (Å²) in [6.07, 6.45) is 5.84. The fourth-order valence-electron chi connectivity index (χ4n) is 9.86. The van der Waals surface area contributed by atoms with E-state index in [9.17, 15) is 14.4 Å². The van der Waals surface area contributed by atoms with Gasteiger partial charge in [0.2, 0.25) is 0 Å². The average molecular weight is 1030 g/mol. The van der Waals surface area contributed by atoms with Crippen molar-refractivity contribution >= 4 is 85.1 Å². The van der Waals surface area contributed by atoms with Crippen LogP contribution in [0.5, 0.6) is 23.0 Å². The maximum atomic E-state index is 14.9.